The number of para-hydroxylation sites is 2. The number of rotatable bonds is 8. The van der Waals surface area contributed by atoms with Gasteiger partial charge in [0, 0.05) is 26.6 Å². The molecule has 1 aromatic carbocycles. The fourth-order valence-corrected chi connectivity index (χ4v) is 3.90. The number of hydrogen-bond acceptors (Lipinski definition) is 5. The molecule has 0 saturated carbocycles. The summed E-state index contributed by atoms with van der Waals surface area (Å²) in [5.74, 6) is 0.921. The van der Waals surface area contributed by atoms with E-state index in [4.69, 9.17) is 9.47 Å². The molecule has 2 heterocycles. The van der Waals surface area contributed by atoms with Crippen molar-refractivity contribution in [1.29, 1.82) is 0 Å². The quantitative estimate of drug-likeness (QED) is 0.536. The first-order valence-electron chi connectivity index (χ1n) is 9.40. The van der Waals surface area contributed by atoms with Gasteiger partial charge in [-0.15, -0.1) is 0 Å². The van der Waals surface area contributed by atoms with Gasteiger partial charge in [0.05, 0.1) is 24.2 Å². The van der Waals surface area contributed by atoms with Crippen LogP contribution in [-0.2, 0) is 20.8 Å². The van der Waals surface area contributed by atoms with E-state index in [0.717, 1.165) is 56.7 Å². The van der Waals surface area contributed by atoms with Crippen molar-refractivity contribution in [2.24, 2.45) is 0 Å². The van der Waals surface area contributed by atoms with Gasteiger partial charge < -0.3 is 14.0 Å². The highest BCUT2D eigenvalue weighted by Crippen LogP contribution is 2.22. The minimum absolute atomic E-state index is 0.124. The van der Waals surface area contributed by atoms with E-state index in [0.29, 0.717) is 0 Å². The summed E-state index contributed by atoms with van der Waals surface area (Å²) in [4.78, 5) is 18.8. The third-order valence-corrected chi connectivity index (χ3v) is 5.34. The minimum Gasteiger partial charge on any atom is -0.468 e. The number of carbonyl (C=O) groups excluding carboxylic acids is 1. The second-order valence-electron chi connectivity index (χ2n) is 6.99. The molecule has 2 atom stereocenters. The molecule has 26 heavy (non-hydrogen) atoms. The number of carbonyl (C=O) groups is 1. The third-order valence-electron chi connectivity index (χ3n) is 5.34. The molecule has 1 saturated heterocycles. The molecular weight excluding hydrogens is 330 g/mol. The smallest absolute Gasteiger partial charge is 0.323 e. The van der Waals surface area contributed by atoms with Gasteiger partial charge in [-0.1, -0.05) is 18.6 Å². The van der Waals surface area contributed by atoms with Crippen LogP contribution >= 0.6 is 0 Å². The number of nitrogens with zero attached hydrogens (tertiary/aromatic N) is 3. The molecule has 1 aliphatic heterocycles. The van der Waals surface area contributed by atoms with Crippen LogP contribution < -0.4 is 0 Å². The molecule has 0 aliphatic carbocycles. The summed E-state index contributed by atoms with van der Waals surface area (Å²) in [6.45, 7) is 4.76. The lowest BCUT2D eigenvalue weighted by molar-refractivity contribution is -0.145. The number of esters is 1. The van der Waals surface area contributed by atoms with Crippen LogP contribution in [0, 0.1) is 6.92 Å². The largest absolute Gasteiger partial charge is 0.468 e. The highest BCUT2D eigenvalue weighted by molar-refractivity contribution is 5.76. The predicted molar refractivity (Wildman–Crippen MR) is 101 cm³/mol. The third kappa shape index (κ3) is 4.07. The Morgan fingerprint density at radius 2 is 1.96 bits per heavy atom. The lowest BCUT2D eigenvalue weighted by atomic mass is 10.2. The van der Waals surface area contributed by atoms with Gasteiger partial charge >= 0.3 is 5.97 Å². The molecule has 0 N–H and O–H groups in total. The topological polar surface area (TPSA) is 56.6 Å². The number of hydrogen-bond donors (Lipinski definition) is 0. The van der Waals surface area contributed by atoms with Crippen molar-refractivity contribution in [3.63, 3.8) is 0 Å². The molecule has 0 unspecified atom stereocenters. The van der Waals surface area contributed by atoms with E-state index in [1.54, 1.807) is 7.11 Å². The molecule has 0 radical (unpaired) electrons. The Morgan fingerprint density at radius 3 is 2.73 bits per heavy atom. The second kappa shape index (κ2) is 8.64. The molecule has 6 nitrogen and oxygen atoms in total. The number of aromatic nitrogens is 2. The number of imidazole rings is 1. The van der Waals surface area contributed by atoms with Gasteiger partial charge in [0.15, 0.2) is 0 Å². The van der Waals surface area contributed by atoms with Crippen molar-refractivity contribution in [3.05, 3.63) is 30.1 Å². The summed E-state index contributed by atoms with van der Waals surface area (Å²) in [5.41, 5.74) is 2.27. The van der Waals surface area contributed by atoms with E-state index in [2.05, 4.69) is 39.6 Å². The van der Waals surface area contributed by atoms with Crippen LogP contribution in [0.2, 0.25) is 0 Å². The first kappa shape index (κ1) is 18.9. The molecule has 1 aliphatic rings. The summed E-state index contributed by atoms with van der Waals surface area (Å²) in [6.07, 6.45) is 4.14. The number of methoxy groups -OCH3 is 2. The Morgan fingerprint density at radius 1 is 1.19 bits per heavy atom. The van der Waals surface area contributed by atoms with Gasteiger partial charge in [-0.2, -0.15) is 0 Å². The van der Waals surface area contributed by atoms with E-state index >= 15 is 0 Å². The second-order valence-corrected chi connectivity index (χ2v) is 6.99. The van der Waals surface area contributed by atoms with E-state index in [1.807, 2.05) is 6.07 Å². The number of aryl methyl sites for hydroxylation is 2. The van der Waals surface area contributed by atoms with Crippen molar-refractivity contribution >= 4 is 17.0 Å². The van der Waals surface area contributed by atoms with Crippen LogP contribution in [0.3, 0.4) is 0 Å². The lowest BCUT2D eigenvalue weighted by Gasteiger charge is -2.21. The summed E-state index contributed by atoms with van der Waals surface area (Å²) < 4.78 is 12.7. The van der Waals surface area contributed by atoms with Gasteiger partial charge in [-0.05, 0) is 38.4 Å². The Labute approximate surface area is 155 Å². The highest BCUT2D eigenvalue weighted by atomic mass is 16.5. The Hall–Kier alpha value is -1.92. The maximum Gasteiger partial charge on any atom is 0.323 e. The van der Waals surface area contributed by atoms with Crippen LogP contribution in [0.15, 0.2) is 24.3 Å². The van der Waals surface area contributed by atoms with E-state index in [-0.39, 0.29) is 18.1 Å². The van der Waals surface area contributed by atoms with Crippen molar-refractivity contribution < 1.29 is 14.3 Å². The SMILES string of the molecule is COC(=O)[C@H]1C[C@H](OC)CN1CCCCCn1c(C)nc2ccccc21. The van der Waals surface area contributed by atoms with Crippen LogP contribution in [0.25, 0.3) is 11.0 Å². The zero-order chi connectivity index (χ0) is 18.5. The van der Waals surface area contributed by atoms with E-state index in [9.17, 15) is 4.79 Å². The lowest BCUT2D eigenvalue weighted by Crippen LogP contribution is -2.37. The fraction of sp³-hybridized carbons (Fsp3) is 0.600. The monoisotopic (exact) mass is 359 g/mol. The van der Waals surface area contributed by atoms with Gasteiger partial charge in [0.2, 0.25) is 0 Å². The van der Waals surface area contributed by atoms with Gasteiger partial charge in [0.25, 0.3) is 0 Å². The van der Waals surface area contributed by atoms with Crippen LogP contribution in [0.5, 0.6) is 0 Å². The summed E-state index contributed by atoms with van der Waals surface area (Å²) in [6, 6.07) is 8.12. The van der Waals surface area contributed by atoms with Gasteiger partial charge in [0.1, 0.15) is 11.9 Å². The molecule has 142 valence electrons. The molecule has 2 aromatic rings. The number of fused-ring (bicyclic) bond motifs is 1. The molecule has 3 rings (SSSR count). The summed E-state index contributed by atoms with van der Waals surface area (Å²) >= 11 is 0. The van der Waals surface area contributed by atoms with Crippen LogP contribution in [0.1, 0.15) is 31.5 Å². The molecule has 6 heteroatoms. The molecular formula is C20H29N3O3. The van der Waals surface area contributed by atoms with Crippen molar-refractivity contribution in [1.82, 2.24) is 14.5 Å². The first-order valence-corrected chi connectivity index (χ1v) is 9.40. The standard InChI is InChI=1S/C20H29N3O3/c1-15-21-17-9-5-6-10-18(17)23(15)12-8-4-7-11-22-14-16(25-2)13-19(22)20(24)26-3/h5-6,9-10,16,19H,4,7-8,11-14H2,1-3H3/t16-,19+/m0/s1. The molecule has 1 aromatic heterocycles. The maximum absolute atomic E-state index is 12.0. The highest BCUT2D eigenvalue weighted by Gasteiger charge is 2.37. The number of unbranched alkanes of at least 4 members (excludes halogenated alkanes) is 2. The van der Waals surface area contributed by atoms with Crippen molar-refractivity contribution in [3.8, 4) is 0 Å². The first-order chi connectivity index (χ1) is 12.6. The zero-order valence-electron chi connectivity index (χ0n) is 16.0. The van der Waals surface area contributed by atoms with Crippen molar-refractivity contribution in [2.75, 3.05) is 27.3 Å². The van der Waals surface area contributed by atoms with Crippen LogP contribution in [-0.4, -0.2) is 59.9 Å². The zero-order valence-corrected chi connectivity index (χ0v) is 16.0. The van der Waals surface area contributed by atoms with Gasteiger partial charge in [-0.3, -0.25) is 9.69 Å². The predicted octanol–water partition coefficient (Wildman–Crippen LogP) is 2.78. The van der Waals surface area contributed by atoms with Crippen LogP contribution in [0.4, 0.5) is 0 Å². The van der Waals surface area contributed by atoms with Crippen molar-refractivity contribution in [2.45, 2.75) is 51.3 Å². The molecule has 0 amide bonds. The fourth-order valence-electron chi connectivity index (χ4n) is 3.90. The normalized spacial score (nSPS) is 20.7. The Balaban J connectivity index is 1.47. The number of likely N-dealkylation sites (tertiary alicyclic amines) is 1. The molecule has 0 spiro atoms. The van der Waals surface area contributed by atoms with E-state index < -0.39 is 0 Å². The number of benzene rings is 1. The summed E-state index contributed by atoms with van der Waals surface area (Å²) in [7, 11) is 3.17. The average molecular weight is 359 g/mol. The molecule has 0 bridgehead atoms. The molecule has 1 fully saturated rings. The number of ether oxygens (including phenoxy) is 2. The summed E-state index contributed by atoms with van der Waals surface area (Å²) in [5, 5.41) is 0. The van der Waals surface area contributed by atoms with Gasteiger partial charge in [-0.25, -0.2) is 4.98 Å². The maximum atomic E-state index is 12.0. The average Bonchev–Trinajstić information content (AvgIpc) is 3.21. The Kier molecular flexibility index (Phi) is 6.27. The minimum atomic E-state index is -0.162. The Bertz CT molecular complexity index is 743. The van der Waals surface area contributed by atoms with E-state index in [1.165, 1.54) is 12.6 Å².